The molecule has 0 heterocycles. The lowest BCUT2D eigenvalue weighted by Gasteiger charge is -2.31. The highest BCUT2D eigenvalue weighted by molar-refractivity contribution is 5.80. The maximum Gasteiger partial charge on any atom is 0.408 e. The number of carbonyl (C=O) groups excluding carboxylic acids is 1. The minimum Gasteiger partial charge on any atom is -0.480 e. The summed E-state index contributed by atoms with van der Waals surface area (Å²) in [5, 5.41) is 11.6. The van der Waals surface area contributed by atoms with Crippen LogP contribution in [0, 0.1) is 0 Å². The Bertz CT molecular complexity index is 344. The summed E-state index contributed by atoms with van der Waals surface area (Å²) in [5.41, 5.74) is -1.33. The predicted molar refractivity (Wildman–Crippen MR) is 75.7 cm³/mol. The number of carboxylic acid groups (broad SMARTS) is 1. The van der Waals surface area contributed by atoms with E-state index in [-0.39, 0.29) is 12.5 Å². The highest BCUT2D eigenvalue weighted by atomic mass is 16.6. The van der Waals surface area contributed by atoms with E-state index in [1.165, 1.54) is 0 Å². The molecule has 1 atom stereocenters. The second-order valence-electron chi connectivity index (χ2n) is 6.67. The molecule has 0 bridgehead atoms. The van der Waals surface area contributed by atoms with Crippen molar-refractivity contribution in [3.05, 3.63) is 0 Å². The summed E-state index contributed by atoms with van der Waals surface area (Å²) < 4.78 is 10.7. The van der Waals surface area contributed by atoms with Gasteiger partial charge in [-0.15, -0.1) is 0 Å². The van der Waals surface area contributed by atoms with Crippen molar-refractivity contribution in [2.45, 2.75) is 78.2 Å². The normalized spacial score (nSPS) is 14.0. The second-order valence-corrected chi connectivity index (χ2v) is 6.67. The number of rotatable bonds is 6. The quantitative estimate of drug-likeness (QED) is 0.785. The summed E-state index contributed by atoms with van der Waals surface area (Å²) in [7, 11) is 0. The molecule has 118 valence electrons. The molecule has 6 nitrogen and oxygen atoms in total. The molecule has 0 saturated carbocycles. The van der Waals surface area contributed by atoms with Crippen LogP contribution in [0.3, 0.4) is 0 Å². The fourth-order valence-corrected chi connectivity index (χ4v) is 1.83. The summed E-state index contributed by atoms with van der Waals surface area (Å²) in [5.74, 6) is -1.11. The minimum atomic E-state index is -1.11. The number of alkyl carbamates (subject to hydrolysis) is 1. The van der Waals surface area contributed by atoms with Gasteiger partial charge in [0.1, 0.15) is 11.6 Å². The molecule has 0 rings (SSSR count). The van der Waals surface area contributed by atoms with Crippen molar-refractivity contribution in [1.29, 1.82) is 0 Å². The largest absolute Gasteiger partial charge is 0.480 e. The Morgan fingerprint density at radius 3 is 2.00 bits per heavy atom. The van der Waals surface area contributed by atoms with Crippen LogP contribution in [0.5, 0.6) is 0 Å². The molecule has 1 unspecified atom stereocenters. The van der Waals surface area contributed by atoms with Gasteiger partial charge >= 0.3 is 12.1 Å². The lowest BCUT2D eigenvalue weighted by molar-refractivity contribution is -0.143. The van der Waals surface area contributed by atoms with Crippen molar-refractivity contribution in [3.8, 4) is 0 Å². The molecule has 0 aliphatic heterocycles. The molecule has 0 aliphatic carbocycles. The van der Waals surface area contributed by atoms with Crippen molar-refractivity contribution in [3.63, 3.8) is 0 Å². The van der Waals surface area contributed by atoms with Gasteiger partial charge in [0.25, 0.3) is 0 Å². The topological polar surface area (TPSA) is 84.9 Å². The van der Waals surface area contributed by atoms with Crippen LogP contribution in [-0.2, 0) is 14.3 Å². The van der Waals surface area contributed by atoms with Crippen LogP contribution in [0.4, 0.5) is 4.79 Å². The lowest BCUT2D eigenvalue weighted by atomic mass is 9.98. The molecule has 1 amide bonds. The molecule has 0 aromatic carbocycles. The monoisotopic (exact) mass is 289 g/mol. The van der Waals surface area contributed by atoms with Gasteiger partial charge < -0.3 is 19.9 Å². The van der Waals surface area contributed by atoms with E-state index in [2.05, 4.69) is 5.32 Å². The van der Waals surface area contributed by atoms with Gasteiger partial charge in [-0.2, -0.15) is 0 Å². The average molecular weight is 289 g/mol. The number of aliphatic carboxylic acids is 1. The summed E-state index contributed by atoms with van der Waals surface area (Å²) in [6, 6.07) is -1.06. The molecule has 0 aromatic heterocycles. The van der Waals surface area contributed by atoms with Crippen LogP contribution in [-0.4, -0.2) is 40.5 Å². The van der Waals surface area contributed by atoms with Crippen LogP contribution in [0.2, 0.25) is 0 Å². The number of hydrogen-bond acceptors (Lipinski definition) is 4. The fourth-order valence-electron chi connectivity index (χ4n) is 1.83. The van der Waals surface area contributed by atoms with Crippen LogP contribution in [0.1, 0.15) is 54.9 Å². The first-order valence-corrected chi connectivity index (χ1v) is 6.72. The van der Waals surface area contributed by atoms with E-state index in [0.717, 1.165) is 0 Å². The number of hydrogen-bond donors (Lipinski definition) is 2. The molecule has 0 radical (unpaired) electrons. The third-order valence-corrected chi connectivity index (χ3v) is 2.24. The first-order valence-electron chi connectivity index (χ1n) is 6.72. The van der Waals surface area contributed by atoms with Gasteiger partial charge in [-0.05, 0) is 48.5 Å². The third-order valence-electron chi connectivity index (χ3n) is 2.24. The highest BCUT2D eigenvalue weighted by Gasteiger charge is 2.31. The number of carboxylic acids is 1. The van der Waals surface area contributed by atoms with Gasteiger partial charge in [0, 0.05) is 6.42 Å². The zero-order chi connectivity index (χ0) is 16.1. The van der Waals surface area contributed by atoms with Crippen molar-refractivity contribution >= 4 is 12.1 Å². The molecule has 0 fully saturated rings. The number of amides is 1. The number of carbonyl (C=O) groups is 2. The van der Waals surface area contributed by atoms with Gasteiger partial charge in [0.2, 0.25) is 0 Å². The molecule has 0 spiro atoms. The Kier molecular flexibility index (Phi) is 6.47. The van der Waals surface area contributed by atoms with Crippen LogP contribution >= 0.6 is 0 Å². The number of ether oxygens (including phenoxy) is 2. The Balaban J connectivity index is 4.67. The first kappa shape index (κ1) is 18.7. The summed E-state index contributed by atoms with van der Waals surface area (Å²) in [4.78, 5) is 22.9. The maximum absolute atomic E-state index is 11.6. The lowest BCUT2D eigenvalue weighted by Crippen LogP contribution is -2.47. The Morgan fingerprint density at radius 1 is 1.15 bits per heavy atom. The molecular weight excluding hydrogens is 262 g/mol. The first-order chi connectivity index (χ1) is 8.82. The van der Waals surface area contributed by atoms with Gasteiger partial charge in [0.05, 0.1) is 11.7 Å². The SMILES string of the molecule is CC(C)OC(C)(C)CC(NC(=O)OC(C)(C)C)C(=O)O. The Hall–Kier alpha value is -1.30. The Labute approximate surface area is 120 Å². The van der Waals surface area contributed by atoms with E-state index < -0.39 is 29.3 Å². The smallest absolute Gasteiger partial charge is 0.408 e. The Morgan fingerprint density at radius 2 is 1.65 bits per heavy atom. The van der Waals surface area contributed by atoms with Crippen LogP contribution in [0.25, 0.3) is 0 Å². The summed E-state index contributed by atoms with van der Waals surface area (Å²) >= 11 is 0. The molecular formula is C14H27NO5. The fraction of sp³-hybridized carbons (Fsp3) is 0.857. The zero-order valence-electron chi connectivity index (χ0n) is 13.4. The molecule has 6 heteroatoms. The molecule has 20 heavy (non-hydrogen) atoms. The minimum absolute atomic E-state index is 0.0269. The molecule has 0 aliphatic rings. The highest BCUT2D eigenvalue weighted by Crippen LogP contribution is 2.19. The number of nitrogens with one attached hydrogen (secondary N) is 1. The van der Waals surface area contributed by atoms with E-state index in [9.17, 15) is 14.7 Å². The zero-order valence-corrected chi connectivity index (χ0v) is 13.4. The van der Waals surface area contributed by atoms with Crippen molar-refractivity contribution in [2.24, 2.45) is 0 Å². The molecule has 0 saturated heterocycles. The standard InChI is InChI=1S/C14H27NO5/c1-9(2)19-14(6,7)8-10(11(16)17)15-12(18)20-13(3,4)5/h9-10H,8H2,1-7H3,(H,15,18)(H,16,17). The van der Waals surface area contributed by atoms with Crippen LogP contribution in [0.15, 0.2) is 0 Å². The van der Waals surface area contributed by atoms with Crippen molar-refractivity contribution < 1.29 is 24.2 Å². The van der Waals surface area contributed by atoms with E-state index in [0.29, 0.717) is 0 Å². The van der Waals surface area contributed by atoms with Crippen LogP contribution < -0.4 is 5.32 Å². The van der Waals surface area contributed by atoms with E-state index in [1.807, 2.05) is 13.8 Å². The predicted octanol–water partition coefficient (Wildman–Crippen LogP) is 2.56. The molecule has 2 N–H and O–H groups in total. The van der Waals surface area contributed by atoms with Gasteiger partial charge in [-0.25, -0.2) is 9.59 Å². The molecule has 0 aromatic rings. The van der Waals surface area contributed by atoms with E-state index in [4.69, 9.17) is 9.47 Å². The van der Waals surface area contributed by atoms with E-state index >= 15 is 0 Å². The second kappa shape index (κ2) is 6.92. The van der Waals surface area contributed by atoms with Gasteiger partial charge in [0.15, 0.2) is 0 Å². The maximum atomic E-state index is 11.6. The third kappa shape index (κ3) is 8.74. The van der Waals surface area contributed by atoms with Crippen molar-refractivity contribution in [1.82, 2.24) is 5.32 Å². The van der Waals surface area contributed by atoms with Crippen molar-refractivity contribution in [2.75, 3.05) is 0 Å². The van der Waals surface area contributed by atoms with E-state index in [1.54, 1.807) is 34.6 Å². The summed E-state index contributed by atoms with van der Waals surface area (Å²) in [6.45, 7) is 12.5. The van der Waals surface area contributed by atoms with Gasteiger partial charge in [-0.3, -0.25) is 0 Å². The summed E-state index contributed by atoms with van der Waals surface area (Å²) in [6.07, 6.45) is -0.619. The average Bonchev–Trinajstić information content (AvgIpc) is 2.09. The van der Waals surface area contributed by atoms with Gasteiger partial charge in [-0.1, -0.05) is 0 Å².